The van der Waals surface area contributed by atoms with Crippen molar-refractivity contribution in [2.75, 3.05) is 13.2 Å². The molecule has 1 heterocycles. The lowest BCUT2D eigenvalue weighted by Gasteiger charge is -2.38. The Labute approximate surface area is 118 Å². The molecular weight excluding hydrogens is 238 g/mol. The van der Waals surface area contributed by atoms with Crippen LogP contribution >= 0.6 is 0 Å². The number of ether oxygens (including phenoxy) is 2. The third kappa shape index (κ3) is 4.17. The lowest BCUT2D eigenvalue weighted by atomic mass is 9.74. The maximum Gasteiger partial charge on any atom is 0.163 e. The fourth-order valence-corrected chi connectivity index (χ4v) is 3.58. The highest BCUT2D eigenvalue weighted by Gasteiger charge is 2.35. The molecule has 2 aliphatic rings. The molecule has 0 amide bonds. The van der Waals surface area contributed by atoms with Crippen molar-refractivity contribution in [3.8, 4) is 0 Å². The molecule has 0 spiro atoms. The first kappa shape index (κ1) is 15.3. The van der Waals surface area contributed by atoms with Gasteiger partial charge in [-0.1, -0.05) is 27.2 Å². The topological polar surface area (TPSA) is 30.5 Å². The van der Waals surface area contributed by atoms with Crippen molar-refractivity contribution in [3.63, 3.8) is 0 Å². The molecule has 4 atom stereocenters. The summed E-state index contributed by atoms with van der Waals surface area (Å²) >= 11 is 0. The van der Waals surface area contributed by atoms with Gasteiger partial charge in [0.25, 0.3) is 0 Å². The van der Waals surface area contributed by atoms with Crippen molar-refractivity contribution in [1.29, 1.82) is 0 Å². The van der Waals surface area contributed by atoms with Gasteiger partial charge in [0.05, 0.1) is 12.7 Å². The molecule has 0 aromatic carbocycles. The number of hydrogen-bond acceptors (Lipinski definition) is 3. The van der Waals surface area contributed by atoms with Crippen molar-refractivity contribution in [2.45, 2.75) is 71.8 Å². The maximum absolute atomic E-state index is 5.88. The Morgan fingerprint density at radius 3 is 2.58 bits per heavy atom. The van der Waals surface area contributed by atoms with Gasteiger partial charge in [-0.3, -0.25) is 0 Å². The van der Waals surface area contributed by atoms with Gasteiger partial charge in [-0.25, -0.2) is 0 Å². The second-order valence-electron chi connectivity index (χ2n) is 7.29. The fourth-order valence-electron chi connectivity index (χ4n) is 3.58. The summed E-state index contributed by atoms with van der Waals surface area (Å²) in [5.41, 5.74) is 0. The Bertz CT molecular complexity index is 290. The molecule has 2 rings (SSSR count). The molecule has 112 valence electrons. The first-order chi connectivity index (χ1) is 8.87. The van der Waals surface area contributed by atoms with Gasteiger partial charge in [-0.2, -0.15) is 0 Å². The molecule has 0 radical (unpaired) electrons. The van der Waals surface area contributed by atoms with E-state index >= 15 is 0 Å². The Morgan fingerprint density at radius 1 is 1.26 bits per heavy atom. The molecule has 19 heavy (non-hydrogen) atoms. The predicted molar refractivity (Wildman–Crippen MR) is 78.0 cm³/mol. The standard InChI is InChI=1S/C16H31NO2/c1-11(2)14-7-6-12(3)8-15(14)17-9-13-10-18-16(4,5)19-13/h11-15,17H,6-10H2,1-5H3. The second kappa shape index (κ2) is 6.11. The zero-order valence-corrected chi connectivity index (χ0v) is 13.2. The molecule has 0 aromatic rings. The van der Waals surface area contributed by atoms with Gasteiger partial charge >= 0.3 is 0 Å². The van der Waals surface area contributed by atoms with Crippen molar-refractivity contribution >= 4 is 0 Å². The van der Waals surface area contributed by atoms with Gasteiger partial charge in [0.15, 0.2) is 5.79 Å². The minimum atomic E-state index is -0.399. The lowest BCUT2D eigenvalue weighted by Crippen LogP contribution is -2.46. The van der Waals surface area contributed by atoms with Crippen LogP contribution in [-0.2, 0) is 9.47 Å². The summed E-state index contributed by atoms with van der Waals surface area (Å²) in [7, 11) is 0. The van der Waals surface area contributed by atoms with E-state index in [0.29, 0.717) is 12.6 Å². The summed E-state index contributed by atoms with van der Waals surface area (Å²) < 4.78 is 11.5. The van der Waals surface area contributed by atoms with Gasteiger partial charge in [0.1, 0.15) is 0 Å². The second-order valence-corrected chi connectivity index (χ2v) is 7.29. The third-order valence-electron chi connectivity index (χ3n) is 4.70. The van der Waals surface area contributed by atoms with Crippen LogP contribution < -0.4 is 5.32 Å². The molecule has 1 aliphatic carbocycles. The molecule has 0 aromatic heterocycles. The largest absolute Gasteiger partial charge is 0.348 e. The monoisotopic (exact) mass is 269 g/mol. The molecule has 0 bridgehead atoms. The average molecular weight is 269 g/mol. The van der Waals surface area contributed by atoms with E-state index in [4.69, 9.17) is 9.47 Å². The Balaban J connectivity index is 1.82. The summed E-state index contributed by atoms with van der Waals surface area (Å²) in [6.07, 6.45) is 4.26. The smallest absolute Gasteiger partial charge is 0.163 e. The molecule has 1 saturated carbocycles. The summed E-state index contributed by atoms with van der Waals surface area (Å²) in [5, 5.41) is 3.76. The summed E-state index contributed by atoms with van der Waals surface area (Å²) in [4.78, 5) is 0. The van der Waals surface area contributed by atoms with Gasteiger partial charge in [0.2, 0.25) is 0 Å². The van der Waals surface area contributed by atoms with Gasteiger partial charge in [0, 0.05) is 12.6 Å². The van der Waals surface area contributed by atoms with Crippen LogP contribution in [0, 0.1) is 17.8 Å². The maximum atomic E-state index is 5.88. The van der Waals surface area contributed by atoms with Crippen LogP contribution in [0.1, 0.15) is 53.9 Å². The molecule has 2 fully saturated rings. The number of rotatable bonds is 4. The SMILES string of the molecule is CC1CCC(C(C)C)C(NCC2COC(C)(C)O2)C1. The molecular formula is C16H31NO2. The number of hydrogen-bond donors (Lipinski definition) is 1. The van der Waals surface area contributed by atoms with Crippen molar-refractivity contribution < 1.29 is 9.47 Å². The first-order valence-electron chi connectivity index (χ1n) is 7.92. The van der Waals surface area contributed by atoms with Crippen LogP contribution in [-0.4, -0.2) is 31.1 Å². The zero-order valence-electron chi connectivity index (χ0n) is 13.2. The molecule has 3 nitrogen and oxygen atoms in total. The van der Waals surface area contributed by atoms with Crippen LogP contribution in [0.5, 0.6) is 0 Å². The molecule has 4 unspecified atom stereocenters. The molecule has 1 saturated heterocycles. The van der Waals surface area contributed by atoms with Crippen LogP contribution in [0.15, 0.2) is 0 Å². The quantitative estimate of drug-likeness (QED) is 0.850. The molecule has 1 aliphatic heterocycles. The molecule has 3 heteroatoms. The Kier molecular flexibility index (Phi) is 4.91. The van der Waals surface area contributed by atoms with Crippen LogP contribution in [0.2, 0.25) is 0 Å². The summed E-state index contributed by atoms with van der Waals surface area (Å²) in [6.45, 7) is 12.7. The van der Waals surface area contributed by atoms with Gasteiger partial charge in [-0.05, 0) is 44.4 Å². The van der Waals surface area contributed by atoms with E-state index in [9.17, 15) is 0 Å². The van der Waals surface area contributed by atoms with Crippen molar-refractivity contribution in [2.24, 2.45) is 17.8 Å². The van der Waals surface area contributed by atoms with E-state index in [1.54, 1.807) is 0 Å². The van der Waals surface area contributed by atoms with Crippen LogP contribution in [0.25, 0.3) is 0 Å². The highest BCUT2D eigenvalue weighted by Crippen LogP contribution is 2.33. The Morgan fingerprint density at radius 2 is 2.00 bits per heavy atom. The normalized spacial score (nSPS) is 38.8. The minimum Gasteiger partial charge on any atom is -0.348 e. The van der Waals surface area contributed by atoms with E-state index in [1.807, 2.05) is 13.8 Å². The summed E-state index contributed by atoms with van der Waals surface area (Å²) in [5.74, 6) is 2.03. The highest BCUT2D eigenvalue weighted by molar-refractivity contribution is 4.86. The molecule has 1 N–H and O–H groups in total. The van der Waals surface area contributed by atoms with E-state index < -0.39 is 5.79 Å². The van der Waals surface area contributed by atoms with Gasteiger partial charge in [-0.15, -0.1) is 0 Å². The lowest BCUT2D eigenvalue weighted by molar-refractivity contribution is -0.138. The van der Waals surface area contributed by atoms with Crippen molar-refractivity contribution in [3.05, 3.63) is 0 Å². The van der Waals surface area contributed by atoms with E-state index in [2.05, 4.69) is 26.1 Å². The minimum absolute atomic E-state index is 0.208. The third-order valence-corrected chi connectivity index (χ3v) is 4.70. The van der Waals surface area contributed by atoms with E-state index in [0.717, 1.165) is 24.3 Å². The van der Waals surface area contributed by atoms with Crippen LogP contribution in [0.3, 0.4) is 0 Å². The van der Waals surface area contributed by atoms with E-state index in [-0.39, 0.29) is 6.10 Å². The van der Waals surface area contributed by atoms with Gasteiger partial charge < -0.3 is 14.8 Å². The zero-order chi connectivity index (χ0) is 14.0. The van der Waals surface area contributed by atoms with Crippen LogP contribution in [0.4, 0.5) is 0 Å². The van der Waals surface area contributed by atoms with Crippen molar-refractivity contribution in [1.82, 2.24) is 5.32 Å². The first-order valence-corrected chi connectivity index (χ1v) is 7.92. The highest BCUT2D eigenvalue weighted by atomic mass is 16.7. The Hall–Kier alpha value is -0.120. The fraction of sp³-hybridized carbons (Fsp3) is 1.00. The predicted octanol–water partition coefficient (Wildman–Crippen LogP) is 3.19. The van der Waals surface area contributed by atoms with E-state index in [1.165, 1.54) is 19.3 Å². The summed E-state index contributed by atoms with van der Waals surface area (Å²) in [6, 6.07) is 0.649. The average Bonchev–Trinajstić information content (AvgIpc) is 2.66. The number of nitrogens with one attached hydrogen (secondary N) is 1.